The van der Waals surface area contributed by atoms with E-state index in [1.54, 1.807) is 7.11 Å². The molecule has 1 fully saturated rings. The highest BCUT2D eigenvalue weighted by atomic mass is 19.4. The smallest absolute Gasteiger partial charge is 0.400 e. The number of aryl methyl sites for hydroxylation is 1. The Kier molecular flexibility index (Phi) is 9.04. The molecule has 0 saturated carbocycles. The van der Waals surface area contributed by atoms with Crippen LogP contribution in [0.2, 0.25) is 0 Å². The summed E-state index contributed by atoms with van der Waals surface area (Å²) >= 11 is 0. The van der Waals surface area contributed by atoms with Crippen LogP contribution in [0.3, 0.4) is 0 Å². The Morgan fingerprint density at radius 2 is 1.42 bits per heavy atom. The van der Waals surface area contributed by atoms with E-state index in [1.165, 1.54) is 6.92 Å². The molecule has 0 bridgehead atoms. The zero-order valence-corrected chi connectivity index (χ0v) is 15.2. The maximum atomic E-state index is 12.2. The number of aliphatic hydroxyl groups is 1. The van der Waals surface area contributed by atoms with E-state index in [2.05, 4.69) is 19.2 Å². The molecule has 1 aromatic carbocycles. The van der Waals surface area contributed by atoms with Gasteiger partial charge >= 0.3 is 12.4 Å². The van der Waals surface area contributed by atoms with Crippen LogP contribution in [-0.4, -0.2) is 43.1 Å². The summed E-state index contributed by atoms with van der Waals surface area (Å²) in [4.78, 5) is 5.10. The first-order valence-electron chi connectivity index (χ1n) is 7.55. The number of aliphatic hydroxyl groups excluding tert-OH is 1. The third kappa shape index (κ3) is 7.48. The van der Waals surface area contributed by atoms with E-state index in [0.29, 0.717) is 12.1 Å². The second-order valence-corrected chi connectivity index (χ2v) is 5.85. The van der Waals surface area contributed by atoms with Crippen molar-refractivity contribution in [2.45, 2.75) is 38.8 Å². The molecule has 0 unspecified atom stereocenters. The molecule has 0 aromatic heterocycles. The lowest BCUT2D eigenvalue weighted by Gasteiger charge is -2.28. The van der Waals surface area contributed by atoms with E-state index in [4.69, 9.17) is 9.94 Å². The Labute approximate surface area is 148 Å². The molecule has 2 rings (SSSR count). The molecule has 0 radical (unpaired) electrons. The molecular formula is C16H24F6N2O2. The lowest BCUT2D eigenvalue weighted by Crippen LogP contribution is -2.45. The number of alkyl halides is 6. The van der Waals surface area contributed by atoms with Crippen LogP contribution in [0.15, 0.2) is 18.2 Å². The zero-order chi connectivity index (χ0) is 20.8. The van der Waals surface area contributed by atoms with E-state index < -0.39 is 23.5 Å². The average molecular weight is 390 g/mol. The van der Waals surface area contributed by atoms with Crippen molar-refractivity contribution in [2.75, 3.05) is 27.3 Å². The molecule has 2 N–H and O–H groups in total. The van der Waals surface area contributed by atoms with Crippen molar-refractivity contribution in [2.24, 2.45) is 0 Å². The van der Waals surface area contributed by atoms with Gasteiger partial charge in [0.25, 0.3) is 0 Å². The van der Waals surface area contributed by atoms with E-state index in [1.807, 2.05) is 5.06 Å². The van der Waals surface area contributed by atoms with Crippen LogP contribution in [0.1, 0.15) is 30.5 Å². The van der Waals surface area contributed by atoms with Crippen molar-refractivity contribution in [1.29, 1.82) is 0 Å². The molecule has 1 aliphatic heterocycles. The summed E-state index contributed by atoms with van der Waals surface area (Å²) in [5.74, 6) is 0. The summed E-state index contributed by atoms with van der Waals surface area (Å²) < 4.78 is 73.0. The summed E-state index contributed by atoms with van der Waals surface area (Å²) in [5.41, 5.74) is -2.61. The van der Waals surface area contributed by atoms with Gasteiger partial charge < -0.3 is 9.94 Å². The van der Waals surface area contributed by atoms with Gasteiger partial charge in [-0.25, -0.2) is 0 Å². The fraction of sp³-hybridized carbons (Fsp3) is 0.625. The normalized spacial score (nSPS) is 17.1. The number of hydrogen-bond acceptors (Lipinski definition) is 4. The largest absolute Gasteiger partial charge is 0.416 e. The lowest BCUT2D eigenvalue weighted by atomic mass is 10.1. The molecule has 0 spiro atoms. The van der Waals surface area contributed by atoms with Gasteiger partial charge in [-0.15, -0.1) is 0 Å². The zero-order valence-electron chi connectivity index (χ0n) is 15.2. The van der Waals surface area contributed by atoms with E-state index in [0.717, 1.165) is 20.2 Å². The number of rotatable bonds is 1. The minimum absolute atomic E-state index is 0.0226. The Balaban J connectivity index is 0.000000484. The van der Waals surface area contributed by atoms with Crippen molar-refractivity contribution < 1.29 is 36.3 Å². The molecule has 152 valence electrons. The Bertz CT molecular complexity index is 526. The minimum Gasteiger partial charge on any atom is -0.400 e. The van der Waals surface area contributed by atoms with Gasteiger partial charge in [0.05, 0.1) is 23.9 Å². The summed E-state index contributed by atoms with van der Waals surface area (Å²) in [6, 6.07) is 1.46. The second kappa shape index (κ2) is 9.54. The highest BCUT2D eigenvalue weighted by Crippen LogP contribution is 2.36. The number of hydrogen-bond donors (Lipinski definition) is 2. The molecule has 0 amide bonds. The topological polar surface area (TPSA) is 44.7 Å². The highest BCUT2D eigenvalue weighted by Gasteiger charge is 2.36. The summed E-state index contributed by atoms with van der Waals surface area (Å²) in [5, 5.41) is 12.2. The summed E-state index contributed by atoms with van der Waals surface area (Å²) in [6.07, 6.45) is -9.52. The molecule has 4 nitrogen and oxygen atoms in total. The van der Waals surface area contributed by atoms with Gasteiger partial charge in [0.2, 0.25) is 0 Å². The van der Waals surface area contributed by atoms with Crippen LogP contribution in [0.25, 0.3) is 0 Å². The van der Waals surface area contributed by atoms with E-state index in [9.17, 15) is 26.3 Å². The van der Waals surface area contributed by atoms with Gasteiger partial charge in [0.15, 0.2) is 0 Å². The van der Waals surface area contributed by atoms with Gasteiger partial charge in [-0.2, -0.15) is 31.4 Å². The molecule has 1 heterocycles. The lowest BCUT2D eigenvalue weighted by molar-refractivity contribution is -0.173. The van der Waals surface area contributed by atoms with Crippen LogP contribution < -0.4 is 5.32 Å². The van der Waals surface area contributed by atoms with Crippen LogP contribution >= 0.6 is 0 Å². The first-order chi connectivity index (χ1) is 11.8. The van der Waals surface area contributed by atoms with Crippen LogP contribution in [-0.2, 0) is 17.2 Å². The summed E-state index contributed by atoms with van der Waals surface area (Å²) in [6.45, 7) is 7.38. The maximum absolute atomic E-state index is 12.2. The predicted octanol–water partition coefficient (Wildman–Crippen LogP) is 3.83. The molecular weight excluding hydrogens is 366 g/mol. The van der Waals surface area contributed by atoms with Crippen molar-refractivity contribution in [3.8, 4) is 0 Å². The summed E-state index contributed by atoms with van der Waals surface area (Å²) in [7, 11) is 2.70. The van der Waals surface area contributed by atoms with Crippen LogP contribution in [0.5, 0.6) is 0 Å². The monoisotopic (exact) mass is 390 g/mol. The number of benzene rings is 1. The number of nitrogens with one attached hydrogen (secondary N) is 1. The van der Waals surface area contributed by atoms with Gasteiger partial charge in [-0.1, -0.05) is 0 Å². The van der Waals surface area contributed by atoms with Crippen molar-refractivity contribution in [1.82, 2.24) is 10.4 Å². The third-order valence-electron chi connectivity index (χ3n) is 3.45. The average Bonchev–Trinajstić information content (AvgIpc) is 2.86. The first-order valence-corrected chi connectivity index (χ1v) is 7.55. The molecule has 1 aromatic rings. The standard InChI is InChI=1S/C9H6F6.C6H14N2O.CH4O/c1-5-2-6(8(10,11)12)4-7(3-5)9(13,14)15;1-6(2)7-4-5-8(6)9-3;1-2/h2-4H,1H3;7H,4-5H2,1-3H3;2H,1H3. The molecule has 10 heteroatoms. The number of nitrogens with zero attached hydrogens (tertiary/aromatic N) is 1. The van der Waals surface area contributed by atoms with Crippen molar-refractivity contribution in [3.05, 3.63) is 34.9 Å². The highest BCUT2D eigenvalue weighted by molar-refractivity contribution is 5.32. The van der Waals surface area contributed by atoms with Gasteiger partial charge in [-0.05, 0) is 44.5 Å². The van der Waals surface area contributed by atoms with Crippen molar-refractivity contribution >= 4 is 0 Å². The Morgan fingerprint density at radius 1 is 1.00 bits per heavy atom. The Hall–Kier alpha value is -1.36. The molecule has 0 aliphatic carbocycles. The van der Waals surface area contributed by atoms with Gasteiger partial charge in [-0.3, -0.25) is 5.32 Å². The second-order valence-electron chi connectivity index (χ2n) is 5.85. The molecule has 26 heavy (non-hydrogen) atoms. The number of halogens is 6. The maximum Gasteiger partial charge on any atom is 0.416 e. The van der Waals surface area contributed by atoms with Gasteiger partial charge in [0.1, 0.15) is 0 Å². The van der Waals surface area contributed by atoms with Crippen LogP contribution in [0.4, 0.5) is 26.3 Å². The van der Waals surface area contributed by atoms with Crippen LogP contribution in [0, 0.1) is 6.92 Å². The van der Waals surface area contributed by atoms with E-state index >= 15 is 0 Å². The quantitative estimate of drug-likeness (QED) is 0.716. The first kappa shape index (κ1) is 24.6. The third-order valence-corrected chi connectivity index (χ3v) is 3.45. The SMILES string of the molecule is CO.CON1CCNC1(C)C.Cc1cc(C(F)(F)F)cc(C(F)(F)F)c1. The van der Waals surface area contributed by atoms with Gasteiger partial charge in [0, 0.05) is 20.2 Å². The molecule has 1 aliphatic rings. The van der Waals surface area contributed by atoms with E-state index in [-0.39, 0.29) is 17.3 Å². The molecule has 0 atom stereocenters. The Morgan fingerprint density at radius 3 is 1.65 bits per heavy atom. The minimum atomic E-state index is -4.76. The predicted molar refractivity (Wildman–Crippen MR) is 85.1 cm³/mol. The number of hydroxylamine groups is 2. The van der Waals surface area contributed by atoms with Crippen molar-refractivity contribution in [3.63, 3.8) is 0 Å². The fourth-order valence-corrected chi connectivity index (χ4v) is 2.26. The molecule has 1 saturated heterocycles. The fourth-order valence-electron chi connectivity index (χ4n) is 2.26.